The molecule has 0 radical (unpaired) electrons. The minimum atomic E-state index is -0.135. The summed E-state index contributed by atoms with van der Waals surface area (Å²) in [5.41, 5.74) is 0. The van der Waals surface area contributed by atoms with Gasteiger partial charge in [-0.05, 0) is 38.3 Å². The van der Waals surface area contributed by atoms with E-state index in [1.807, 2.05) is 11.8 Å². The van der Waals surface area contributed by atoms with E-state index < -0.39 is 0 Å². The first-order valence-corrected chi connectivity index (χ1v) is 5.42. The summed E-state index contributed by atoms with van der Waals surface area (Å²) < 4.78 is 5.01. The van der Waals surface area contributed by atoms with Crippen LogP contribution in [-0.4, -0.2) is 43.8 Å². The standard InChI is InChI=1S/C10H18N2O2/c1-2-14-10(13)12-6-8-3-9(7-12)5-11-4-8/h8-9,11H,2-7H2,1H3. The monoisotopic (exact) mass is 198 g/mol. The number of nitrogens with one attached hydrogen (secondary N) is 1. The lowest BCUT2D eigenvalue weighted by molar-refractivity contribution is 0.0619. The first-order chi connectivity index (χ1) is 6.79. The molecule has 1 amide bonds. The second kappa shape index (κ2) is 4.17. The van der Waals surface area contributed by atoms with Crippen molar-refractivity contribution in [1.29, 1.82) is 0 Å². The van der Waals surface area contributed by atoms with E-state index in [0.717, 1.165) is 26.2 Å². The highest BCUT2D eigenvalue weighted by Gasteiger charge is 2.32. The van der Waals surface area contributed by atoms with Crippen LogP contribution in [0.15, 0.2) is 0 Å². The summed E-state index contributed by atoms with van der Waals surface area (Å²) in [6.07, 6.45) is 1.13. The molecule has 0 saturated carbocycles. The Morgan fingerprint density at radius 1 is 1.43 bits per heavy atom. The first-order valence-electron chi connectivity index (χ1n) is 5.42. The van der Waals surface area contributed by atoms with Gasteiger partial charge in [-0.15, -0.1) is 0 Å². The number of amides is 1. The molecule has 0 aliphatic carbocycles. The van der Waals surface area contributed by atoms with Crippen LogP contribution in [-0.2, 0) is 4.74 Å². The van der Waals surface area contributed by atoms with Gasteiger partial charge in [0, 0.05) is 13.1 Å². The van der Waals surface area contributed by atoms with E-state index in [4.69, 9.17) is 4.74 Å². The van der Waals surface area contributed by atoms with E-state index in [1.54, 1.807) is 0 Å². The van der Waals surface area contributed by atoms with Crippen LogP contribution in [0.1, 0.15) is 13.3 Å². The third kappa shape index (κ3) is 2.00. The van der Waals surface area contributed by atoms with Gasteiger partial charge in [-0.25, -0.2) is 4.79 Å². The van der Waals surface area contributed by atoms with E-state index in [0.29, 0.717) is 18.4 Å². The van der Waals surface area contributed by atoms with Crippen molar-refractivity contribution in [2.45, 2.75) is 13.3 Å². The number of fused-ring (bicyclic) bond motifs is 2. The highest BCUT2D eigenvalue weighted by Crippen LogP contribution is 2.24. The minimum Gasteiger partial charge on any atom is -0.450 e. The third-order valence-electron chi connectivity index (χ3n) is 3.02. The van der Waals surface area contributed by atoms with E-state index in [9.17, 15) is 4.79 Å². The van der Waals surface area contributed by atoms with Crippen LogP contribution >= 0.6 is 0 Å². The maximum absolute atomic E-state index is 11.5. The predicted octanol–water partition coefficient (Wildman–Crippen LogP) is 0.684. The number of hydrogen-bond donors (Lipinski definition) is 1. The van der Waals surface area contributed by atoms with Gasteiger partial charge in [-0.2, -0.15) is 0 Å². The van der Waals surface area contributed by atoms with Gasteiger partial charge in [-0.1, -0.05) is 0 Å². The van der Waals surface area contributed by atoms with E-state index in [1.165, 1.54) is 6.42 Å². The van der Waals surface area contributed by atoms with Gasteiger partial charge in [0.2, 0.25) is 0 Å². The second-order valence-corrected chi connectivity index (χ2v) is 4.23. The van der Waals surface area contributed by atoms with Crippen molar-refractivity contribution in [3.8, 4) is 0 Å². The zero-order chi connectivity index (χ0) is 9.97. The van der Waals surface area contributed by atoms with Crippen LogP contribution in [0.4, 0.5) is 4.79 Å². The quantitative estimate of drug-likeness (QED) is 0.674. The van der Waals surface area contributed by atoms with Gasteiger partial charge in [0.15, 0.2) is 0 Å². The van der Waals surface area contributed by atoms with Crippen molar-refractivity contribution in [2.75, 3.05) is 32.8 Å². The number of piperidine rings is 2. The fourth-order valence-corrected chi connectivity index (χ4v) is 2.47. The number of likely N-dealkylation sites (tertiary alicyclic amines) is 1. The molecular weight excluding hydrogens is 180 g/mol. The van der Waals surface area contributed by atoms with Gasteiger partial charge in [0.1, 0.15) is 0 Å². The second-order valence-electron chi connectivity index (χ2n) is 4.23. The Labute approximate surface area is 84.6 Å². The van der Waals surface area contributed by atoms with Crippen LogP contribution in [0, 0.1) is 11.8 Å². The fraction of sp³-hybridized carbons (Fsp3) is 0.900. The maximum Gasteiger partial charge on any atom is 0.409 e. The van der Waals surface area contributed by atoms with Crippen molar-refractivity contribution >= 4 is 6.09 Å². The lowest BCUT2D eigenvalue weighted by Gasteiger charge is -2.40. The minimum absolute atomic E-state index is 0.135. The number of carbonyl (C=O) groups is 1. The molecule has 0 spiro atoms. The molecule has 0 aromatic heterocycles. The third-order valence-corrected chi connectivity index (χ3v) is 3.02. The van der Waals surface area contributed by atoms with Crippen LogP contribution in [0.5, 0.6) is 0 Å². The Bertz CT molecular complexity index is 208. The first kappa shape index (κ1) is 9.77. The average Bonchev–Trinajstić information content (AvgIpc) is 2.17. The molecule has 2 unspecified atom stereocenters. The number of ether oxygens (including phenoxy) is 1. The number of hydrogen-bond acceptors (Lipinski definition) is 3. The molecule has 2 aliphatic rings. The Balaban J connectivity index is 1.91. The lowest BCUT2D eigenvalue weighted by atomic mass is 9.86. The molecule has 0 aromatic carbocycles. The number of rotatable bonds is 1. The van der Waals surface area contributed by atoms with Gasteiger partial charge >= 0.3 is 6.09 Å². The molecule has 4 nitrogen and oxygen atoms in total. The summed E-state index contributed by atoms with van der Waals surface area (Å²) >= 11 is 0. The Kier molecular flexibility index (Phi) is 2.91. The van der Waals surface area contributed by atoms with Crippen molar-refractivity contribution < 1.29 is 9.53 Å². The zero-order valence-corrected chi connectivity index (χ0v) is 8.66. The molecule has 1 N–H and O–H groups in total. The molecular formula is C10H18N2O2. The summed E-state index contributed by atoms with van der Waals surface area (Å²) in [4.78, 5) is 13.4. The highest BCUT2D eigenvalue weighted by atomic mass is 16.6. The van der Waals surface area contributed by atoms with Crippen LogP contribution in [0.2, 0.25) is 0 Å². The van der Waals surface area contributed by atoms with Gasteiger partial charge in [0.05, 0.1) is 6.61 Å². The lowest BCUT2D eigenvalue weighted by Crippen LogP contribution is -2.52. The van der Waals surface area contributed by atoms with Gasteiger partial charge in [-0.3, -0.25) is 0 Å². The molecule has 2 heterocycles. The molecule has 2 aliphatic heterocycles. The molecule has 14 heavy (non-hydrogen) atoms. The average molecular weight is 198 g/mol. The van der Waals surface area contributed by atoms with Crippen LogP contribution in [0.3, 0.4) is 0 Å². The summed E-state index contributed by atoms with van der Waals surface area (Å²) in [6.45, 7) is 6.15. The maximum atomic E-state index is 11.5. The van der Waals surface area contributed by atoms with E-state index >= 15 is 0 Å². The summed E-state index contributed by atoms with van der Waals surface area (Å²) in [6, 6.07) is 0. The smallest absolute Gasteiger partial charge is 0.409 e. The van der Waals surface area contributed by atoms with E-state index in [-0.39, 0.29) is 6.09 Å². The summed E-state index contributed by atoms with van der Waals surface area (Å²) in [5, 5.41) is 3.40. The Hall–Kier alpha value is -0.770. The summed E-state index contributed by atoms with van der Waals surface area (Å²) in [5.74, 6) is 1.26. The fourth-order valence-electron chi connectivity index (χ4n) is 2.47. The van der Waals surface area contributed by atoms with Crippen molar-refractivity contribution in [3.05, 3.63) is 0 Å². The van der Waals surface area contributed by atoms with Crippen molar-refractivity contribution in [2.24, 2.45) is 11.8 Å². The largest absolute Gasteiger partial charge is 0.450 e. The highest BCUT2D eigenvalue weighted by molar-refractivity contribution is 5.67. The molecule has 4 heteroatoms. The molecule has 2 atom stereocenters. The molecule has 0 aromatic rings. The predicted molar refractivity (Wildman–Crippen MR) is 53.1 cm³/mol. The SMILES string of the molecule is CCOC(=O)N1CC2CNCC(C2)C1. The zero-order valence-electron chi connectivity index (χ0n) is 8.66. The topological polar surface area (TPSA) is 41.6 Å². The molecule has 2 rings (SSSR count). The van der Waals surface area contributed by atoms with Gasteiger partial charge < -0.3 is 15.0 Å². The van der Waals surface area contributed by atoms with Crippen molar-refractivity contribution in [1.82, 2.24) is 10.2 Å². The summed E-state index contributed by atoms with van der Waals surface area (Å²) in [7, 11) is 0. The molecule has 80 valence electrons. The van der Waals surface area contributed by atoms with Crippen LogP contribution < -0.4 is 5.32 Å². The number of carbonyl (C=O) groups excluding carboxylic acids is 1. The van der Waals surface area contributed by atoms with Gasteiger partial charge in [0.25, 0.3) is 0 Å². The Morgan fingerprint density at radius 2 is 2.07 bits per heavy atom. The Morgan fingerprint density at radius 3 is 2.64 bits per heavy atom. The van der Waals surface area contributed by atoms with Crippen molar-refractivity contribution in [3.63, 3.8) is 0 Å². The normalized spacial score (nSPS) is 31.4. The number of nitrogens with zero attached hydrogens (tertiary/aromatic N) is 1. The molecule has 2 fully saturated rings. The van der Waals surface area contributed by atoms with E-state index in [2.05, 4.69) is 5.32 Å². The molecule has 2 bridgehead atoms. The molecule has 2 saturated heterocycles. The van der Waals surface area contributed by atoms with Crippen LogP contribution in [0.25, 0.3) is 0 Å².